The highest BCUT2D eigenvalue weighted by Crippen LogP contribution is 2.21. The van der Waals surface area contributed by atoms with Gasteiger partial charge in [0.1, 0.15) is 0 Å². The molecular weight excluding hydrogens is 256 g/mol. The Morgan fingerprint density at radius 2 is 2.00 bits per heavy atom. The standard InChI is InChI=1S/C10H16N4O3S/c11-8-6-7(18(13,16)17)3-4-9(8)14-5-1-2-10(12)15/h3-4,6,14H,1-2,5,11H2,(H2,12,15)(H2,13,16,17). The number of primary amides is 1. The Morgan fingerprint density at radius 1 is 1.33 bits per heavy atom. The highest BCUT2D eigenvalue weighted by Gasteiger charge is 2.09. The summed E-state index contributed by atoms with van der Waals surface area (Å²) in [4.78, 5) is 10.5. The van der Waals surface area contributed by atoms with Gasteiger partial charge in [-0.2, -0.15) is 0 Å². The molecule has 0 aliphatic rings. The number of carbonyl (C=O) groups is 1. The number of primary sulfonamides is 1. The monoisotopic (exact) mass is 272 g/mol. The van der Waals surface area contributed by atoms with Crippen molar-refractivity contribution in [2.45, 2.75) is 17.7 Å². The summed E-state index contributed by atoms with van der Waals surface area (Å²) < 4.78 is 22.2. The van der Waals surface area contributed by atoms with Crippen LogP contribution in [0, 0.1) is 0 Å². The Balaban J connectivity index is 2.66. The molecule has 0 atom stereocenters. The number of sulfonamides is 1. The molecule has 0 fully saturated rings. The van der Waals surface area contributed by atoms with Crippen molar-refractivity contribution in [1.82, 2.24) is 0 Å². The van der Waals surface area contributed by atoms with E-state index in [4.69, 9.17) is 16.6 Å². The predicted molar refractivity (Wildman–Crippen MR) is 69.1 cm³/mol. The third kappa shape index (κ3) is 4.22. The topological polar surface area (TPSA) is 141 Å². The van der Waals surface area contributed by atoms with E-state index in [9.17, 15) is 13.2 Å². The molecule has 1 aromatic rings. The van der Waals surface area contributed by atoms with Crippen LogP contribution in [0.25, 0.3) is 0 Å². The van der Waals surface area contributed by atoms with Crippen LogP contribution in [0.4, 0.5) is 11.4 Å². The highest BCUT2D eigenvalue weighted by atomic mass is 32.2. The second-order valence-corrected chi connectivity index (χ2v) is 5.35. The second-order valence-electron chi connectivity index (χ2n) is 3.79. The van der Waals surface area contributed by atoms with Crippen molar-refractivity contribution in [3.05, 3.63) is 18.2 Å². The first kappa shape index (κ1) is 14.3. The lowest BCUT2D eigenvalue weighted by Crippen LogP contribution is -2.14. The van der Waals surface area contributed by atoms with E-state index in [1.807, 2.05) is 0 Å². The fraction of sp³-hybridized carbons (Fsp3) is 0.300. The molecule has 0 saturated heterocycles. The molecule has 0 unspecified atom stereocenters. The maximum Gasteiger partial charge on any atom is 0.238 e. The Hall–Kier alpha value is -1.80. The summed E-state index contributed by atoms with van der Waals surface area (Å²) in [5.74, 6) is -0.366. The SMILES string of the molecule is NC(=O)CCCNc1ccc(S(N)(=O)=O)cc1N. The summed E-state index contributed by atoms with van der Waals surface area (Å²) >= 11 is 0. The highest BCUT2D eigenvalue weighted by molar-refractivity contribution is 7.89. The molecule has 18 heavy (non-hydrogen) atoms. The van der Waals surface area contributed by atoms with Gasteiger partial charge in [0.05, 0.1) is 16.3 Å². The van der Waals surface area contributed by atoms with Gasteiger partial charge in [-0.25, -0.2) is 13.6 Å². The van der Waals surface area contributed by atoms with Gasteiger partial charge in [0, 0.05) is 13.0 Å². The zero-order valence-electron chi connectivity index (χ0n) is 9.72. The van der Waals surface area contributed by atoms with Gasteiger partial charge in [0.2, 0.25) is 15.9 Å². The van der Waals surface area contributed by atoms with Gasteiger partial charge < -0.3 is 16.8 Å². The summed E-state index contributed by atoms with van der Waals surface area (Å²) in [6.45, 7) is 0.516. The molecule has 0 spiro atoms. The molecule has 8 heteroatoms. The van der Waals surface area contributed by atoms with Crippen molar-refractivity contribution in [3.63, 3.8) is 0 Å². The molecule has 1 aromatic carbocycles. The number of nitrogens with two attached hydrogens (primary N) is 3. The van der Waals surface area contributed by atoms with E-state index in [-0.39, 0.29) is 22.9 Å². The van der Waals surface area contributed by atoms with E-state index in [0.717, 1.165) is 0 Å². The molecule has 0 aliphatic carbocycles. The quantitative estimate of drug-likeness (QED) is 0.411. The van der Waals surface area contributed by atoms with Gasteiger partial charge in [-0.15, -0.1) is 0 Å². The number of anilines is 2. The molecule has 0 bridgehead atoms. The van der Waals surface area contributed by atoms with Crippen LogP contribution in [0.2, 0.25) is 0 Å². The van der Waals surface area contributed by atoms with Crippen LogP contribution < -0.4 is 21.9 Å². The lowest BCUT2D eigenvalue weighted by Gasteiger charge is -2.09. The van der Waals surface area contributed by atoms with E-state index >= 15 is 0 Å². The average Bonchev–Trinajstić information content (AvgIpc) is 2.24. The van der Waals surface area contributed by atoms with Crippen molar-refractivity contribution < 1.29 is 13.2 Å². The van der Waals surface area contributed by atoms with Gasteiger partial charge in [0.25, 0.3) is 0 Å². The molecule has 0 aromatic heterocycles. The molecular formula is C10H16N4O3S. The van der Waals surface area contributed by atoms with Crippen molar-refractivity contribution in [3.8, 4) is 0 Å². The first-order chi connectivity index (χ1) is 8.30. The number of carbonyl (C=O) groups excluding carboxylic acids is 1. The fourth-order valence-electron chi connectivity index (χ4n) is 1.36. The second kappa shape index (κ2) is 5.69. The summed E-state index contributed by atoms with van der Waals surface area (Å²) in [5.41, 5.74) is 11.6. The number of nitrogens with one attached hydrogen (secondary N) is 1. The number of benzene rings is 1. The first-order valence-corrected chi connectivity index (χ1v) is 6.80. The van der Waals surface area contributed by atoms with E-state index < -0.39 is 10.0 Å². The van der Waals surface area contributed by atoms with Crippen LogP contribution in [-0.2, 0) is 14.8 Å². The third-order valence-corrected chi connectivity index (χ3v) is 3.18. The number of rotatable bonds is 6. The lowest BCUT2D eigenvalue weighted by atomic mass is 10.2. The first-order valence-electron chi connectivity index (χ1n) is 5.25. The Kier molecular flexibility index (Phi) is 4.51. The molecule has 0 radical (unpaired) electrons. The van der Waals surface area contributed by atoms with Crippen LogP contribution in [0.3, 0.4) is 0 Å². The normalized spacial score (nSPS) is 11.2. The Morgan fingerprint density at radius 3 is 2.50 bits per heavy atom. The van der Waals surface area contributed by atoms with Gasteiger partial charge in [0.15, 0.2) is 0 Å². The summed E-state index contributed by atoms with van der Waals surface area (Å²) in [7, 11) is -3.75. The van der Waals surface area contributed by atoms with Crippen molar-refractivity contribution in [1.29, 1.82) is 0 Å². The van der Waals surface area contributed by atoms with E-state index in [1.54, 1.807) is 0 Å². The molecule has 0 heterocycles. The van der Waals surface area contributed by atoms with E-state index in [2.05, 4.69) is 5.32 Å². The number of hydrogen-bond donors (Lipinski definition) is 4. The van der Waals surface area contributed by atoms with E-state index in [0.29, 0.717) is 18.7 Å². The predicted octanol–water partition coefficient (Wildman–Crippen LogP) is -0.406. The zero-order valence-corrected chi connectivity index (χ0v) is 10.5. The molecule has 100 valence electrons. The van der Waals surface area contributed by atoms with Crippen molar-refractivity contribution in [2.24, 2.45) is 10.9 Å². The van der Waals surface area contributed by atoms with Gasteiger partial charge >= 0.3 is 0 Å². The minimum absolute atomic E-state index is 0.0392. The van der Waals surface area contributed by atoms with Crippen molar-refractivity contribution >= 4 is 27.3 Å². The van der Waals surface area contributed by atoms with Crippen LogP contribution >= 0.6 is 0 Å². The number of hydrogen-bond acceptors (Lipinski definition) is 5. The number of nitrogen functional groups attached to an aromatic ring is 1. The zero-order chi connectivity index (χ0) is 13.8. The van der Waals surface area contributed by atoms with Crippen LogP contribution in [-0.4, -0.2) is 20.9 Å². The van der Waals surface area contributed by atoms with Gasteiger partial charge in [-0.3, -0.25) is 4.79 Å². The summed E-state index contributed by atoms with van der Waals surface area (Å²) in [6, 6.07) is 4.17. The molecule has 1 rings (SSSR count). The maximum atomic E-state index is 11.1. The minimum atomic E-state index is -3.75. The largest absolute Gasteiger partial charge is 0.397 e. The molecule has 7 N–H and O–H groups in total. The smallest absolute Gasteiger partial charge is 0.238 e. The fourth-order valence-corrected chi connectivity index (χ4v) is 1.91. The molecule has 1 amide bonds. The van der Waals surface area contributed by atoms with E-state index in [1.165, 1.54) is 18.2 Å². The molecule has 0 saturated carbocycles. The lowest BCUT2D eigenvalue weighted by molar-refractivity contribution is -0.118. The van der Waals surface area contributed by atoms with Gasteiger partial charge in [-0.05, 0) is 24.6 Å². The Labute approximate surface area is 105 Å². The van der Waals surface area contributed by atoms with Gasteiger partial charge in [-0.1, -0.05) is 0 Å². The maximum absolute atomic E-state index is 11.1. The Bertz CT molecular complexity index is 542. The van der Waals surface area contributed by atoms with Crippen LogP contribution in [0.1, 0.15) is 12.8 Å². The summed E-state index contributed by atoms with van der Waals surface area (Å²) in [5, 5.41) is 7.95. The molecule has 0 aliphatic heterocycles. The average molecular weight is 272 g/mol. The van der Waals surface area contributed by atoms with Crippen LogP contribution in [0.5, 0.6) is 0 Å². The van der Waals surface area contributed by atoms with Crippen molar-refractivity contribution in [2.75, 3.05) is 17.6 Å². The minimum Gasteiger partial charge on any atom is -0.397 e. The number of amides is 1. The molecule has 7 nitrogen and oxygen atoms in total. The third-order valence-electron chi connectivity index (χ3n) is 2.27. The summed E-state index contributed by atoms with van der Waals surface area (Å²) in [6.07, 6.45) is 0.855. The van der Waals surface area contributed by atoms with Crippen LogP contribution in [0.15, 0.2) is 23.1 Å².